The molecule has 0 saturated carbocycles. The summed E-state index contributed by atoms with van der Waals surface area (Å²) >= 11 is 0. The lowest BCUT2D eigenvalue weighted by Gasteiger charge is -2.26. The zero-order valence-electron chi connectivity index (χ0n) is 18.0. The first-order chi connectivity index (χ1) is 15.0. The zero-order chi connectivity index (χ0) is 22.1. The van der Waals surface area contributed by atoms with E-state index in [-0.39, 0.29) is 18.3 Å². The Labute approximate surface area is 183 Å². The molecule has 0 N–H and O–H groups in total. The molecule has 0 fully saturated rings. The number of carbonyl (C=O) groups excluding carboxylic acids is 1. The highest BCUT2D eigenvalue weighted by Gasteiger charge is 2.19. The van der Waals surface area contributed by atoms with Crippen molar-refractivity contribution in [3.8, 4) is 0 Å². The predicted molar refractivity (Wildman–Crippen MR) is 121 cm³/mol. The highest BCUT2D eigenvalue weighted by Crippen LogP contribution is 2.13. The topological polar surface area (TPSA) is 36.7 Å². The number of nitrogens with zero attached hydrogens (tertiary/aromatic N) is 2. The van der Waals surface area contributed by atoms with Crippen LogP contribution in [0.15, 0.2) is 83.8 Å². The number of furan rings is 1. The Morgan fingerprint density at radius 2 is 1.74 bits per heavy atom. The van der Waals surface area contributed by atoms with Gasteiger partial charge in [-0.15, -0.1) is 6.58 Å². The Morgan fingerprint density at radius 3 is 2.39 bits per heavy atom. The molecule has 162 valence electrons. The van der Waals surface area contributed by atoms with E-state index in [2.05, 4.69) is 18.7 Å². The number of aryl methyl sites for hydroxylation is 1. The lowest BCUT2D eigenvalue weighted by Crippen LogP contribution is -2.40. The quantitative estimate of drug-likeness (QED) is 0.410. The maximum absolute atomic E-state index is 13.3. The van der Waals surface area contributed by atoms with E-state index < -0.39 is 0 Å². The van der Waals surface area contributed by atoms with E-state index in [1.54, 1.807) is 18.2 Å². The summed E-state index contributed by atoms with van der Waals surface area (Å²) in [5.41, 5.74) is 2.14. The lowest BCUT2D eigenvalue weighted by molar-refractivity contribution is -0.133. The molecule has 31 heavy (non-hydrogen) atoms. The summed E-state index contributed by atoms with van der Waals surface area (Å²) in [6.07, 6.45) is 2.55. The van der Waals surface area contributed by atoms with Gasteiger partial charge in [-0.25, -0.2) is 4.39 Å². The van der Waals surface area contributed by atoms with Crippen LogP contribution in [0.2, 0.25) is 0 Å². The van der Waals surface area contributed by atoms with Crippen molar-refractivity contribution < 1.29 is 13.6 Å². The fourth-order valence-electron chi connectivity index (χ4n) is 3.47. The second-order valence-corrected chi connectivity index (χ2v) is 7.65. The van der Waals surface area contributed by atoms with Gasteiger partial charge in [0.1, 0.15) is 17.3 Å². The molecule has 0 atom stereocenters. The number of amides is 1. The molecular weight excluding hydrogens is 391 g/mol. The van der Waals surface area contributed by atoms with E-state index in [1.807, 2.05) is 47.1 Å². The van der Waals surface area contributed by atoms with Gasteiger partial charge >= 0.3 is 0 Å². The smallest absolute Gasteiger partial charge is 0.237 e. The number of carbonyl (C=O) groups is 1. The van der Waals surface area contributed by atoms with Crippen LogP contribution < -0.4 is 0 Å². The molecule has 5 heteroatoms. The normalized spacial score (nSPS) is 10.9. The summed E-state index contributed by atoms with van der Waals surface area (Å²) in [7, 11) is 0. The number of halogens is 1. The van der Waals surface area contributed by atoms with Gasteiger partial charge in [0.2, 0.25) is 5.91 Å². The summed E-state index contributed by atoms with van der Waals surface area (Å²) in [5, 5.41) is 0. The third-order valence-corrected chi connectivity index (χ3v) is 5.07. The first-order valence-corrected chi connectivity index (χ1v) is 10.5. The van der Waals surface area contributed by atoms with E-state index in [1.165, 1.54) is 17.7 Å². The van der Waals surface area contributed by atoms with Crippen molar-refractivity contribution in [1.82, 2.24) is 9.80 Å². The number of rotatable bonds is 11. The van der Waals surface area contributed by atoms with Crippen molar-refractivity contribution in [3.05, 3.63) is 108 Å². The third kappa shape index (κ3) is 7.23. The Kier molecular flexibility index (Phi) is 8.19. The minimum Gasteiger partial charge on any atom is -0.464 e. The van der Waals surface area contributed by atoms with Crippen LogP contribution in [0, 0.1) is 12.7 Å². The molecule has 3 rings (SSSR count). The molecule has 4 nitrogen and oxygen atoms in total. The first-order valence-electron chi connectivity index (χ1n) is 10.5. The van der Waals surface area contributed by atoms with Crippen LogP contribution in [0.4, 0.5) is 4.39 Å². The Bertz CT molecular complexity index is 967. The van der Waals surface area contributed by atoms with Crippen LogP contribution in [0.1, 0.15) is 22.6 Å². The lowest BCUT2D eigenvalue weighted by atomic mass is 10.1. The van der Waals surface area contributed by atoms with Crippen LogP contribution in [-0.4, -0.2) is 35.3 Å². The van der Waals surface area contributed by atoms with Crippen molar-refractivity contribution >= 4 is 5.91 Å². The maximum atomic E-state index is 13.3. The fourth-order valence-corrected chi connectivity index (χ4v) is 3.47. The summed E-state index contributed by atoms with van der Waals surface area (Å²) in [5.74, 6) is 1.35. The number of hydrogen-bond donors (Lipinski definition) is 0. The van der Waals surface area contributed by atoms with Crippen molar-refractivity contribution in [2.24, 2.45) is 0 Å². The molecule has 1 aromatic heterocycles. The summed E-state index contributed by atoms with van der Waals surface area (Å²) in [6.45, 7) is 8.10. The summed E-state index contributed by atoms with van der Waals surface area (Å²) in [4.78, 5) is 17.1. The largest absolute Gasteiger partial charge is 0.464 e. The minimum atomic E-state index is -0.268. The molecule has 0 bridgehead atoms. The van der Waals surface area contributed by atoms with Gasteiger partial charge in [-0.05, 0) is 48.7 Å². The van der Waals surface area contributed by atoms with Gasteiger partial charge in [0.25, 0.3) is 0 Å². The Balaban J connectivity index is 1.69. The van der Waals surface area contributed by atoms with Crippen molar-refractivity contribution in [2.45, 2.75) is 26.4 Å². The van der Waals surface area contributed by atoms with Crippen molar-refractivity contribution in [3.63, 3.8) is 0 Å². The van der Waals surface area contributed by atoms with Gasteiger partial charge in [-0.2, -0.15) is 0 Å². The molecule has 0 aliphatic heterocycles. The monoisotopic (exact) mass is 420 g/mol. The second kappa shape index (κ2) is 11.3. The predicted octanol–water partition coefficient (Wildman–Crippen LogP) is 4.99. The number of hydrogen-bond acceptors (Lipinski definition) is 3. The van der Waals surface area contributed by atoms with Gasteiger partial charge in [-0.3, -0.25) is 9.69 Å². The molecule has 3 aromatic rings. The standard InChI is InChI=1S/C26H29FN2O2/c1-3-16-28(18-23-10-12-24(27)13-11-23)20-26(30)29(19-25-14-9-21(2)31-25)17-15-22-7-5-4-6-8-22/h3-14H,1,15-20H2,2H3. The van der Waals surface area contributed by atoms with E-state index >= 15 is 0 Å². The molecule has 0 unspecified atom stereocenters. The van der Waals surface area contributed by atoms with Crippen molar-refractivity contribution in [2.75, 3.05) is 19.6 Å². The summed E-state index contributed by atoms with van der Waals surface area (Å²) < 4.78 is 18.9. The second-order valence-electron chi connectivity index (χ2n) is 7.65. The number of benzene rings is 2. The van der Waals surface area contributed by atoms with Crippen LogP contribution in [0.3, 0.4) is 0 Å². The molecule has 0 radical (unpaired) electrons. The average Bonchev–Trinajstić information content (AvgIpc) is 3.18. The highest BCUT2D eigenvalue weighted by molar-refractivity contribution is 5.78. The fraction of sp³-hybridized carbons (Fsp3) is 0.269. The minimum absolute atomic E-state index is 0.0222. The van der Waals surface area contributed by atoms with E-state index in [0.29, 0.717) is 26.2 Å². The highest BCUT2D eigenvalue weighted by atomic mass is 19.1. The summed E-state index contributed by atoms with van der Waals surface area (Å²) in [6, 6.07) is 20.3. The molecule has 0 spiro atoms. The van der Waals surface area contributed by atoms with Gasteiger partial charge in [0.05, 0.1) is 13.1 Å². The van der Waals surface area contributed by atoms with Crippen LogP contribution in [-0.2, 0) is 24.3 Å². The van der Waals surface area contributed by atoms with Crippen LogP contribution in [0.25, 0.3) is 0 Å². The Hall–Kier alpha value is -3.18. The SMILES string of the molecule is C=CCN(CC(=O)N(CCc1ccccc1)Cc1ccc(C)o1)Cc1ccc(F)cc1. The van der Waals surface area contributed by atoms with Crippen LogP contribution >= 0.6 is 0 Å². The zero-order valence-corrected chi connectivity index (χ0v) is 18.0. The molecular formula is C26H29FN2O2. The molecule has 1 heterocycles. The molecule has 0 saturated heterocycles. The Morgan fingerprint density at radius 1 is 1.00 bits per heavy atom. The average molecular weight is 421 g/mol. The van der Waals surface area contributed by atoms with Gasteiger partial charge in [0.15, 0.2) is 0 Å². The molecule has 0 aliphatic carbocycles. The van der Waals surface area contributed by atoms with E-state index in [9.17, 15) is 9.18 Å². The molecule has 2 aromatic carbocycles. The van der Waals surface area contributed by atoms with E-state index in [4.69, 9.17) is 4.42 Å². The molecule has 0 aliphatic rings. The van der Waals surface area contributed by atoms with Gasteiger partial charge in [-0.1, -0.05) is 48.5 Å². The molecule has 1 amide bonds. The third-order valence-electron chi connectivity index (χ3n) is 5.07. The van der Waals surface area contributed by atoms with Gasteiger partial charge < -0.3 is 9.32 Å². The maximum Gasteiger partial charge on any atom is 0.237 e. The van der Waals surface area contributed by atoms with E-state index in [0.717, 1.165) is 23.5 Å². The van der Waals surface area contributed by atoms with Crippen LogP contribution in [0.5, 0.6) is 0 Å². The van der Waals surface area contributed by atoms with Crippen molar-refractivity contribution in [1.29, 1.82) is 0 Å². The first kappa shape index (κ1) is 22.5. The van der Waals surface area contributed by atoms with Gasteiger partial charge in [0, 0.05) is 19.6 Å².